The van der Waals surface area contributed by atoms with Crippen molar-refractivity contribution in [2.75, 3.05) is 36.5 Å². The van der Waals surface area contributed by atoms with Crippen LogP contribution in [-0.4, -0.2) is 46.5 Å². The van der Waals surface area contributed by atoms with Crippen molar-refractivity contribution in [2.24, 2.45) is 0 Å². The van der Waals surface area contributed by atoms with Crippen LogP contribution in [-0.2, 0) is 26.1 Å². The molecule has 0 saturated carbocycles. The monoisotopic (exact) mass is 472 g/mol. The smallest absolute Gasteiger partial charge is 0.269 e. The predicted molar refractivity (Wildman–Crippen MR) is 138 cm³/mol. The van der Waals surface area contributed by atoms with Crippen LogP contribution < -0.4 is 9.80 Å². The lowest BCUT2D eigenvalue weighted by Gasteiger charge is -2.35. The number of piperidine rings is 1. The van der Waals surface area contributed by atoms with E-state index in [2.05, 4.69) is 46.0 Å². The molecular weight excluding hydrogens is 440 g/mol. The highest BCUT2D eigenvalue weighted by atomic mass is 16.6. The highest BCUT2D eigenvalue weighted by molar-refractivity contribution is 5.54. The van der Waals surface area contributed by atoms with Crippen molar-refractivity contribution in [2.45, 2.75) is 45.3 Å². The predicted octanol–water partition coefficient (Wildman–Crippen LogP) is 4.57. The van der Waals surface area contributed by atoms with Crippen molar-refractivity contribution in [3.63, 3.8) is 0 Å². The molecule has 2 aliphatic heterocycles. The van der Waals surface area contributed by atoms with Crippen LogP contribution in [0.15, 0.2) is 54.6 Å². The fraction of sp³-hybridized carbons (Fsp3) is 0.407. The number of aromatic nitrogens is 2. The van der Waals surface area contributed by atoms with Crippen LogP contribution in [0.4, 0.5) is 17.5 Å². The lowest BCUT2D eigenvalue weighted by atomic mass is 10.0. The fourth-order valence-electron chi connectivity index (χ4n) is 5.02. The number of rotatable bonds is 7. The number of hydrogen-bond acceptors (Lipinski definition) is 7. The van der Waals surface area contributed by atoms with Gasteiger partial charge in [-0.3, -0.25) is 15.0 Å². The van der Waals surface area contributed by atoms with Gasteiger partial charge in [-0.2, -0.15) is 4.98 Å². The Balaban J connectivity index is 1.39. The topological polar surface area (TPSA) is 78.6 Å². The molecule has 3 heterocycles. The zero-order chi connectivity index (χ0) is 24.2. The van der Waals surface area contributed by atoms with E-state index in [0.717, 1.165) is 68.7 Å². The largest absolute Gasteiger partial charge is 0.356 e. The number of non-ortho nitro benzene ring substituents is 1. The maximum absolute atomic E-state index is 11.0. The number of fused-ring (bicyclic) bond motifs is 1. The van der Waals surface area contributed by atoms with Gasteiger partial charge in [0.25, 0.3) is 5.69 Å². The lowest BCUT2D eigenvalue weighted by Crippen LogP contribution is -2.37. The molecule has 5 rings (SSSR count). The maximum atomic E-state index is 11.0. The van der Waals surface area contributed by atoms with E-state index in [1.807, 2.05) is 18.2 Å². The molecule has 1 fully saturated rings. The summed E-state index contributed by atoms with van der Waals surface area (Å²) in [4.78, 5) is 27.8. The second kappa shape index (κ2) is 10.4. The molecule has 0 unspecified atom stereocenters. The third-order valence-corrected chi connectivity index (χ3v) is 6.92. The minimum atomic E-state index is -0.352. The molecule has 2 aromatic carbocycles. The summed E-state index contributed by atoms with van der Waals surface area (Å²) in [5.74, 6) is 1.87. The highest BCUT2D eigenvalue weighted by Gasteiger charge is 2.27. The van der Waals surface area contributed by atoms with E-state index < -0.39 is 0 Å². The summed E-state index contributed by atoms with van der Waals surface area (Å²) >= 11 is 0. The SMILES string of the molecule is CN(Cc1ccccc1)c1nc2c(c(N3CCCCC3)n1)CN(Cc1ccc([N+](=O)[O-])cc1)CC2. The zero-order valence-electron chi connectivity index (χ0n) is 20.3. The van der Waals surface area contributed by atoms with Crippen molar-refractivity contribution in [3.8, 4) is 0 Å². The Bertz CT molecular complexity index is 1160. The van der Waals surface area contributed by atoms with Gasteiger partial charge >= 0.3 is 0 Å². The first-order valence-electron chi connectivity index (χ1n) is 12.4. The van der Waals surface area contributed by atoms with E-state index >= 15 is 0 Å². The van der Waals surface area contributed by atoms with Crippen molar-refractivity contribution < 1.29 is 4.92 Å². The number of hydrogen-bond donors (Lipinski definition) is 0. The molecular formula is C27H32N6O2. The molecule has 35 heavy (non-hydrogen) atoms. The van der Waals surface area contributed by atoms with Crippen molar-refractivity contribution in [3.05, 3.63) is 87.1 Å². The maximum Gasteiger partial charge on any atom is 0.269 e. The van der Waals surface area contributed by atoms with Crippen LogP contribution in [0.25, 0.3) is 0 Å². The molecule has 182 valence electrons. The molecule has 0 radical (unpaired) electrons. The Morgan fingerprint density at radius 1 is 0.943 bits per heavy atom. The van der Waals surface area contributed by atoms with Gasteiger partial charge in [0.2, 0.25) is 5.95 Å². The van der Waals surface area contributed by atoms with Gasteiger partial charge in [-0.25, -0.2) is 4.98 Å². The third kappa shape index (κ3) is 5.43. The minimum Gasteiger partial charge on any atom is -0.356 e. The Morgan fingerprint density at radius 3 is 2.40 bits per heavy atom. The van der Waals surface area contributed by atoms with Gasteiger partial charge in [-0.15, -0.1) is 0 Å². The van der Waals surface area contributed by atoms with Gasteiger partial charge in [0.05, 0.1) is 10.6 Å². The summed E-state index contributed by atoms with van der Waals surface area (Å²) in [5.41, 5.74) is 4.84. The normalized spacial score (nSPS) is 16.1. The minimum absolute atomic E-state index is 0.130. The van der Waals surface area contributed by atoms with Crippen LogP contribution >= 0.6 is 0 Å². The van der Waals surface area contributed by atoms with Gasteiger partial charge in [-0.05, 0) is 30.4 Å². The van der Waals surface area contributed by atoms with E-state index in [9.17, 15) is 10.1 Å². The van der Waals surface area contributed by atoms with Crippen LogP contribution in [0.2, 0.25) is 0 Å². The van der Waals surface area contributed by atoms with Gasteiger partial charge < -0.3 is 9.80 Å². The van der Waals surface area contributed by atoms with Gasteiger partial charge in [0, 0.05) is 70.4 Å². The summed E-state index contributed by atoms with van der Waals surface area (Å²) in [6.45, 7) is 5.29. The van der Waals surface area contributed by atoms with E-state index in [-0.39, 0.29) is 10.6 Å². The number of nitro groups is 1. The number of nitro benzene ring substituents is 1. The first-order chi connectivity index (χ1) is 17.1. The van der Waals surface area contributed by atoms with Crippen LogP contribution in [0.5, 0.6) is 0 Å². The third-order valence-electron chi connectivity index (χ3n) is 6.92. The highest BCUT2D eigenvalue weighted by Crippen LogP contribution is 2.31. The molecule has 1 aromatic heterocycles. The molecule has 0 N–H and O–H groups in total. The Labute approximate surface area is 206 Å². The molecule has 2 aliphatic rings. The summed E-state index contributed by atoms with van der Waals surface area (Å²) in [6.07, 6.45) is 4.54. The van der Waals surface area contributed by atoms with Crippen molar-refractivity contribution in [1.82, 2.24) is 14.9 Å². The average molecular weight is 473 g/mol. The lowest BCUT2D eigenvalue weighted by molar-refractivity contribution is -0.384. The van der Waals surface area contributed by atoms with E-state index in [1.54, 1.807) is 12.1 Å². The van der Waals surface area contributed by atoms with Crippen molar-refractivity contribution >= 4 is 17.5 Å². The average Bonchev–Trinajstić information content (AvgIpc) is 2.89. The van der Waals surface area contributed by atoms with Crippen molar-refractivity contribution in [1.29, 1.82) is 0 Å². The number of nitrogens with zero attached hydrogens (tertiary/aromatic N) is 6. The fourth-order valence-corrected chi connectivity index (χ4v) is 5.02. The summed E-state index contributed by atoms with van der Waals surface area (Å²) in [6, 6.07) is 17.3. The Morgan fingerprint density at radius 2 is 1.69 bits per heavy atom. The molecule has 0 aliphatic carbocycles. The van der Waals surface area contributed by atoms with E-state index in [1.165, 1.54) is 30.4 Å². The molecule has 0 spiro atoms. The molecule has 0 bridgehead atoms. The first kappa shape index (κ1) is 23.2. The Kier molecular flexibility index (Phi) is 6.90. The van der Waals surface area contributed by atoms with Crippen LogP contribution in [0, 0.1) is 10.1 Å². The molecule has 8 heteroatoms. The summed E-state index contributed by atoms with van der Waals surface area (Å²) in [7, 11) is 2.07. The summed E-state index contributed by atoms with van der Waals surface area (Å²) in [5, 5.41) is 11.0. The second-order valence-corrected chi connectivity index (χ2v) is 9.55. The number of anilines is 2. The molecule has 0 amide bonds. The molecule has 1 saturated heterocycles. The Hall–Kier alpha value is -3.52. The quantitative estimate of drug-likeness (QED) is 0.368. The number of benzene rings is 2. The van der Waals surface area contributed by atoms with E-state index in [4.69, 9.17) is 9.97 Å². The molecule has 0 atom stereocenters. The molecule has 8 nitrogen and oxygen atoms in total. The zero-order valence-corrected chi connectivity index (χ0v) is 20.3. The van der Waals surface area contributed by atoms with Gasteiger partial charge in [0.15, 0.2) is 0 Å². The first-order valence-corrected chi connectivity index (χ1v) is 12.4. The van der Waals surface area contributed by atoms with Gasteiger partial charge in [0.1, 0.15) is 5.82 Å². The van der Waals surface area contributed by atoms with Crippen LogP contribution in [0.3, 0.4) is 0 Å². The second-order valence-electron chi connectivity index (χ2n) is 9.55. The molecule has 3 aromatic rings. The standard InChI is InChI=1S/C27H32N6O2/c1-30(18-21-8-4-2-5-9-21)27-28-25-14-17-31(19-22-10-12-23(13-11-22)33(34)35)20-24(25)26(29-27)32-15-6-3-7-16-32/h2,4-5,8-13H,3,6-7,14-20H2,1H3. The summed E-state index contributed by atoms with van der Waals surface area (Å²) < 4.78 is 0. The van der Waals surface area contributed by atoms with E-state index in [0.29, 0.717) is 0 Å². The van der Waals surface area contributed by atoms with Crippen LogP contribution in [0.1, 0.15) is 41.6 Å². The van der Waals surface area contributed by atoms with Gasteiger partial charge in [-0.1, -0.05) is 42.5 Å².